The SMILES string of the molecule is CNC(=O)C1CCCN(c2ccc(Br)cc2C(N)=S)C1. The Kier molecular flexibility index (Phi) is 4.99. The predicted molar refractivity (Wildman–Crippen MR) is 89.0 cm³/mol. The number of halogens is 1. The number of benzene rings is 1. The number of hydrogen-bond donors (Lipinski definition) is 2. The van der Waals surface area contributed by atoms with Crippen LogP contribution in [0.1, 0.15) is 18.4 Å². The highest BCUT2D eigenvalue weighted by Crippen LogP contribution is 2.28. The Hall–Kier alpha value is -1.14. The van der Waals surface area contributed by atoms with E-state index in [0.29, 0.717) is 11.5 Å². The van der Waals surface area contributed by atoms with Gasteiger partial charge in [0.15, 0.2) is 0 Å². The third kappa shape index (κ3) is 3.30. The molecule has 0 aliphatic carbocycles. The van der Waals surface area contributed by atoms with Crippen LogP contribution >= 0.6 is 28.1 Å². The first kappa shape index (κ1) is 15.3. The van der Waals surface area contributed by atoms with Crippen molar-refractivity contribution in [1.82, 2.24) is 5.32 Å². The van der Waals surface area contributed by atoms with Gasteiger partial charge in [0.05, 0.1) is 5.92 Å². The first-order valence-corrected chi connectivity index (χ1v) is 7.79. The summed E-state index contributed by atoms with van der Waals surface area (Å²) in [4.78, 5) is 14.4. The molecule has 1 fully saturated rings. The second-order valence-electron chi connectivity index (χ2n) is 4.93. The number of hydrogen-bond acceptors (Lipinski definition) is 3. The maximum Gasteiger partial charge on any atom is 0.224 e. The minimum atomic E-state index is 0.0246. The van der Waals surface area contributed by atoms with E-state index in [9.17, 15) is 4.79 Å². The number of piperidine rings is 1. The predicted octanol–water partition coefficient (Wildman–Crippen LogP) is 2.05. The Morgan fingerprint density at radius 2 is 2.30 bits per heavy atom. The maximum atomic E-state index is 11.8. The molecule has 1 heterocycles. The number of anilines is 1. The van der Waals surface area contributed by atoms with Crippen LogP contribution < -0.4 is 16.0 Å². The Bertz CT molecular complexity index is 535. The van der Waals surface area contributed by atoms with Crippen LogP contribution in [0.5, 0.6) is 0 Å². The van der Waals surface area contributed by atoms with Gasteiger partial charge in [-0.05, 0) is 31.0 Å². The molecule has 0 aromatic heterocycles. The number of nitrogens with zero attached hydrogens (tertiary/aromatic N) is 1. The second-order valence-corrected chi connectivity index (χ2v) is 6.28. The minimum absolute atomic E-state index is 0.0246. The summed E-state index contributed by atoms with van der Waals surface area (Å²) in [6.45, 7) is 1.63. The molecule has 0 spiro atoms. The molecule has 2 rings (SSSR count). The van der Waals surface area contributed by atoms with E-state index < -0.39 is 0 Å². The quantitative estimate of drug-likeness (QED) is 0.814. The number of carbonyl (C=O) groups excluding carboxylic acids is 1. The Labute approximate surface area is 132 Å². The van der Waals surface area contributed by atoms with E-state index in [1.165, 1.54) is 0 Å². The van der Waals surface area contributed by atoms with Crippen molar-refractivity contribution in [2.45, 2.75) is 12.8 Å². The van der Waals surface area contributed by atoms with Gasteiger partial charge < -0.3 is 16.0 Å². The van der Waals surface area contributed by atoms with Gasteiger partial charge in [-0.2, -0.15) is 0 Å². The molecule has 0 radical (unpaired) electrons. The summed E-state index contributed by atoms with van der Waals surface area (Å²) in [5.41, 5.74) is 7.68. The largest absolute Gasteiger partial charge is 0.389 e. The zero-order chi connectivity index (χ0) is 14.7. The Balaban J connectivity index is 2.27. The van der Waals surface area contributed by atoms with Gasteiger partial charge in [-0.25, -0.2) is 0 Å². The van der Waals surface area contributed by atoms with E-state index in [0.717, 1.165) is 35.1 Å². The highest BCUT2D eigenvalue weighted by Gasteiger charge is 2.26. The van der Waals surface area contributed by atoms with Gasteiger partial charge in [-0.15, -0.1) is 0 Å². The van der Waals surface area contributed by atoms with E-state index in [1.54, 1.807) is 7.05 Å². The highest BCUT2D eigenvalue weighted by atomic mass is 79.9. The smallest absolute Gasteiger partial charge is 0.224 e. The first-order valence-electron chi connectivity index (χ1n) is 6.59. The molecule has 1 amide bonds. The number of amides is 1. The Morgan fingerprint density at radius 3 is 2.95 bits per heavy atom. The van der Waals surface area contributed by atoms with Crippen LogP contribution in [0, 0.1) is 5.92 Å². The standard InChI is InChI=1S/C14H18BrN3OS/c1-17-14(19)9-3-2-6-18(8-9)12-5-4-10(15)7-11(12)13(16)20/h4-5,7,9H,2-3,6,8H2,1H3,(H2,16,20)(H,17,19). The molecule has 20 heavy (non-hydrogen) atoms. The van der Waals surface area contributed by atoms with Crippen molar-refractivity contribution in [2.75, 3.05) is 25.0 Å². The van der Waals surface area contributed by atoms with E-state index in [1.807, 2.05) is 18.2 Å². The molecule has 108 valence electrons. The van der Waals surface area contributed by atoms with E-state index in [2.05, 4.69) is 26.1 Å². The molecule has 1 aromatic carbocycles. The molecule has 3 N–H and O–H groups in total. The van der Waals surface area contributed by atoms with Crippen molar-refractivity contribution >= 4 is 44.7 Å². The van der Waals surface area contributed by atoms with Crippen molar-refractivity contribution < 1.29 is 4.79 Å². The van der Waals surface area contributed by atoms with E-state index in [4.69, 9.17) is 18.0 Å². The second kappa shape index (κ2) is 6.54. The average molecular weight is 356 g/mol. The number of nitrogens with two attached hydrogens (primary N) is 1. The summed E-state index contributed by atoms with van der Waals surface area (Å²) in [6.07, 6.45) is 1.92. The third-order valence-corrected chi connectivity index (χ3v) is 4.32. The van der Waals surface area contributed by atoms with E-state index in [-0.39, 0.29) is 11.8 Å². The van der Waals surface area contributed by atoms with Crippen LogP contribution in [0.4, 0.5) is 5.69 Å². The summed E-state index contributed by atoms with van der Waals surface area (Å²) < 4.78 is 0.948. The van der Waals surface area contributed by atoms with Crippen molar-refractivity contribution in [1.29, 1.82) is 0 Å². The molecule has 1 aliphatic rings. The zero-order valence-electron chi connectivity index (χ0n) is 11.4. The van der Waals surface area contributed by atoms with Crippen molar-refractivity contribution in [2.24, 2.45) is 11.7 Å². The maximum absolute atomic E-state index is 11.8. The lowest BCUT2D eigenvalue weighted by Crippen LogP contribution is -2.42. The fourth-order valence-electron chi connectivity index (χ4n) is 2.60. The summed E-state index contributed by atoms with van der Waals surface area (Å²) in [5, 5.41) is 2.73. The summed E-state index contributed by atoms with van der Waals surface area (Å²) in [6, 6.07) is 5.91. The normalized spacial score (nSPS) is 18.7. The number of thiocarbonyl (C=S) groups is 1. The summed E-state index contributed by atoms with van der Waals surface area (Å²) >= 11 is 8.57. The van der Waals surface area contributed by atoms with Crippen LogP contribution in [0.25, 0.3) is 0 Å². The van der Waals surface area contributed by atoms with Gasteiger partial charge in [0.1, 0.15) is 4.99 Å². The van der Waals surface area contributed by atoms with Crippen LogP contribution in [0.15, 0.2) is 22.7 Å². The molecule has 1 atom stereocenters. The van der Waals surface area contributed by atoms with Crippen molar-refractivity contribution in [3.63, 3.8) is 0 Å². The van der Waals surface area contributed by atoms with Gasteiger partial charge in [-0.3, -0.25) is 4.79 Å². The van der Waals surface area contributed by atoms with Crippen LogP contribution in [-0.2, 0) is 4.79 Å². The fourth-order valence-corrected chi connectivity index (χ4v) is 3.12. The van der Waals surface area contributed by atoms with Gasteiger partial charge >= 0.3 is 0 Å². The molecule has 4 nitrogen and oxygen atoms in total. The first-order chi connectivity index (χ1) is 9.52. The van der Waals surface area contributed by atoms with Gasteiger partial charge in [0, 0.05) is 35.9 Å². The third-order valence-electron chi connectivity index (χ3n) is 3.60. The molecule has 6 heteroatoms. The van der Waals surface area contributed by atoms with Gasteiger partial charge in [-0.1, -0.05) is 28.1 Å². The summed E-state index contributed by atoms with van der Waals surface area (Å²) in [5.74, 6) is 0.125. The molecular formula is C14H18BrN3OS. The molecule has 1 aliphatic heterocycles. The van der Waals surface area contributed by atoms with Crippen molar-refractivity contribution in [3.8, 4) is 0 Å². The molecule has 1 unspecified atom stereocenters. The van der Waals surface area contributed by atoms with Crippen LogP contribution in [0.2, 0.25) is 0 Å². The van der Waals surface area contributed by atoms with Crippen LogP contribution in [-0.4, -0.2) is 31.0 Å². The monoisotopic (exact) mass is 355 g/mol. The number of nitrogens with one attached hydrogen (secondary N) is 1. The topological polar surface area (TPSA) is 58.4 Å². The number of rotatable bonds is 3. The highest BCUT2D eigenvalue weighted by molar-refractivity contribution is 9.10. The van der Waals surface area contributed by atoms with Crippen molar-refractivity contribution in [3.05, 3.63) is 28.2 Å². The molecule has 1 saturated heterocycles. The lowest BCUT2D eigenvalue weighted by Gasteiger charge is -2.34. The number of carbonyl (C=O) groups is 1. The molecule has 1 aromatic rings. The molecular weight excluding hydrogens is 338 g/mol. The zero-order valence-corrected chi connectivity index (χ0v) is 13.8. The fraction of sp³-hybridized carbons (Fsp3) is 0.429. The van der Waals surface area contributed by atoms with Gasteiger partial charge in [0.2, 0.25) is 5.91 Å². The average Bonchev–Trinajstić information content (AvgIpc) is 2.46. The van der Waals surface area contributed by atoms with Crippen LogP contribution in [0.3, 0.4) is 0 Å². The summed E-state index contributed by atoms with van der Waals surface area (Å²) in [7, 11) is 1.68. The lowest BCUT2D eigenvalue weighted by atomic mass is 9.96. The van der Waals surface area contributed by atoms with Gasteiger partial charge in [0.25, 0.3) is 0 Å². The Morgan fingerprint density at radius 1 is 1.55 bits per heavy atom. The molecule has 0 bridgehead atoms. The minimum Gasteiger partial charge on any atom is -0.389 e. The van der Waals surface area contributed by atoms with E-state index >= 15 is 0 Å². The molecule has 0 saturated carbocycles. The lowest BCUT2D eigenvalue weighted by molar-refractivity contribution is -0.124.